The Morgan fingerprint density at radius 1 is 1.21 bits per heavy atom. The van der Waals surface area contributed by atoms with Crippen molar-refractivity contribution in [2.45, 2.75) is 39.2 Å². The molecule has 124 valence electrons. The fraction of sp³-hybridized carbons (Fsp3) is 0.316. The number of pyridine rings is 1. The van der Waals surface area contributed by atoms with Gasteiger partial charge in [0.15, 0.2) is 0 Å². The number of carbonyl (C=O) groups excluding carboxylic acids is 1. The Balaban J connectivity index is 1.38. The molecule has 3 aromatic rings. The summed E-state index contributed by atoms with van der Waals surface area (Å²) in [7, 11) is 0. The van der Waals surface area contributed by atoms with Crippen molar-refractivity contribution in [2.75, 3.05) is 0 Å². The Bertz CT molecular complexity index is 796. The number of esters is 1. The zero-order chi connectivity index (χ0) is 16.8. The lowest BCUT2D eigenvalue weighted by Gasteiger charge is -2.06. The summed E-state index contributed by atoms with van der Waals surface area (Å²) in [6.07, 6.45) is 6.61. The van der Waals surface area contributed by atoms with E-state index in [1.165, 1.54) is 4.70 Å². The van der Waals surface area contributed by atoms with Gasteiger partial charge in [-0.15, -0.1) is 11.3 Å². The van der Waals surface area contributed by atoms with Gasteiger partial charge in [0, 0.05) is 24.4 Å². The molecule has 0 aliphatic carbocycles. The third-order valence-corrected chi connectivity index (χ3v) is 4.99. The number of para-hydroxylation sites is 1. The highest BCUT2D eigenvalue weighted by Crippen LogP contribution is 2.22. The molecule has 3 rings (SSSR count). The Labute approximate surface area is 145 Å². The van der Waals surface area contributed by atoms with Gasteiger partial charge in [0.2, 0.25) is 0 Å². The van der Waals surface area contributed by atoms with Crippen LogP contribution in [0.3, 0.4) is 0 Å². The lowest BCUT2D eigenvalue weighted by molar-refractivity contribution is -0.145. The van der Waals surface area contributed by atoms with Gasteiger partial charge in [0.1, 0.15) is 6.61 Å². The maximum Gasteiger partial charge on any atom is 0.306 e. The van der Waals surface area contributed by atoms with Crippen molar-refractivity contribution >= 4 is 27.5 Å². The summed E-state index contributed by atoms with van der Waals surface area (Å²) in [6.45, 7) is 2.29. The number of aromatic nitrogens is 2. The van der Waals surface area contributed by atoms with E-state index >= 15 is 0 Å². The predicted octanol–water partition coefficient (Wildman–Crippen LogP) is 4.46. The molecule has 0 spiro atoms. The van der Waals surface area contributed by atoms with E-state index in [-0.39, 0.29) is 5.97 Å². The average molecular weight is 340 g/mol. The summed E-state index contributed by atoms with van der Waals surface area (Å²) >= 11 is 1.73. The van der Waals surface area contributed by atoms with E-state index in [9.17, 15) is 4.79 Å². The van der Waals surface area contributed by atoms with Crippen LogP contribution in [0.15, 0.2) is 42.7 Å². The molecule has 2 heterocycles. The fourth-order valence-electron chi connectivity index (χ4n) is 2.45. The summed E-state index contributed by atoms with van der Waals surface area (Å²) < 4.78 is 6.54. The Hall–Kier alpha value is -2.27. The molecule has 0 fully saturated rings. The molecule has 0 aliphatic rings. The molecule has 0 bridgehead atoms. The smallest absolute Gasteiger partial charge is 0.306 e. The summed E-state index contributed by atoms with van der Waals surface area (Å²) in [6, 6.07) is 10.1. The molecular weight excluding hydrogens is 320 g/mol. The van der Waals surface area contributed by atoms with E-state index in [1.807, 2.05) is 31.2 Å². The number of fused-ring (bicyclic) bond motifs is 1. The predicted molar refractivity (Wildman–Crippen MR) is 95.9 cm³/mol. The Kier molecular flexibility index (Phi) is 5.54. The first kappa shape index (κ1) is 16.6. The van der Waals surface area contributed by atoms with E-state index in [0.717, 1.165) is 40.9 Å². The first-order valence-electron chi connectivity index (χ1n) is 8.12. The number of hydrogen-bond donors (Lipinski definition) is 0. The zero-order valence-corrected chi connectivity index (χ0v) is 14.5. The van der Waals surface area contributed by atoms with Gasteiger partial charge < -0.3 is 4.74 Å². The van der Waals surface area contributed by atoms with Crippen LogP contribution >= 0.6 is 11.3 Å². The molecule has 2 aromatic heterocycles. The van der Waals surface area contributed by atoms with Crippen molar-refractivity contribution < 1.29 is 9.53 Å². The van der Waals surface area contributed by atoms with E-state index < -0.39 is 0 Å². The second-order valence-electron chi connectivity index (χ2n) is 5.75. The number of hydrogen-bond acceptors (Lipinski definition) is 5. The standard InChI is InChI=1S/C19H20N2O2S/c1-14-10-11-20-12-15(14)13-23-19(22)9-5-4-8-18-21-16-6-2-3-7-17(16)24-18/h2-3,6-7,10-12H,4-5,8-9,13H2,1H3. The minimum atomic E-state index is -0.150. The summed E-state index contributed by atoms with van der Waals surface area (Å²) in [5.41, 5.74) is 3.11. The normalized spacial score (nSPS) is 10.9. The number of benzene rings is 1. The monoisotopic (exact) mass is 340 g/mol. The molecule has 0 aliphatic heterocycles. The lowest BCUT2D eigenvalue weighted by Crippen LogP contribution is -2.05. The maximum absolute atomic E-state index is 11.8. The average Bonchev–Trinajstić information content (AvgIpc) is 3.01. The molecule has 0 saturated heterocycles. The first-order chi connectivity index (χ1) is 11.7. The van der Waals surface area contributed by atoms with Gasteiger partial charge in [-0.25, -0.2) is 4.98 Å². The maximum atomic E-state index is 11.8. The Morgan fingerprint density at radius 3 is 2.92 bits per heavy atom. The van der Waals surface area contributed by atoms with Gasteiger partial charge in [-0.2, -0.15) is 0 Å². The summed E-state index contributed by atoms with van der Waals surface area (Å²) in [4.78, 5) is 20.5. The molecule has 24 heavy (non-hydrogen) atoms. The van der Waals surface area contributed by atoms with Crippen LogP contribution in [0.4, 0.5) is 0 Å². The van der Waals surface area contributed by atoms with Gasteiger partial charge in [0.05, 0.1) is 15.2 Å². The van der Waals surface area contributed by atoms with Gasteiger partial charge in [0.25, 0.3) is 0 Å². The Morgan fingerprint density at radius 2 is 2.08 bits per heavy atom. The van der Waals surface area contributed by atoms with Crippen molar-refractivity contribution in [3.63, 3.8) is 0 Å². The van der Waals surface area contributed by atoms with E-state index in [4.69, 9.17) is 4.74 Å². The van der Waals surface area contributed by atoms with Crippen LogP contribution in [-0.4, -0.2) is 15.9 Å². The number of aryl methyl sites for hydroxylation is 2. The second-order valence-corrected chi connectivity index (χ2v) is 6.86. The van der Waals surface area contributed by atoms with E-state index in [1.54, 1.807) is 23.7 Å². The minimum Gasteiger partial charge on any atom is -0.461 e. The van der Waals surface area contributed by atoms with E-state index in [2.05, 4.69) is 16.0 Å². The first-order valence-corrected chi connectivity index (χ1v) is 8.93. The van der Waals surface area contributed by atoms with Crippen LogP contribution in [0.5, 0.6) is 0 Å². The third-order valence-electron chi connectivity index (χ3n) is 3.90. The van der Waals surface area contributed by atoms with Crippen LogP contribution in [0.2, 0.25) is 0 Å². The van der Waals surface area contributed by atoms with Crippen LogP contribution < -0.4 is 0 Å². The van der Waals surface area contributed by atoms with Crippen LogP contribution in [-0.2, 0) is 22.6 Å². The number of thiazole rings is 1. The molecule has 1 aromatic carbocycles. The topological polar surface area (TPSA) is 52.1 Å². The van der Waals surface area contributed by atoms with Gasteiger partial charge in [-0.1, -0.05) is 12.1 Å². The molecule has 0 saturated carbocycles. The minimum absolute atomic E-state index is 0.150. The quantitative estimate of drug-likeness (QED) is 0.471. The second kappa shape index (κ2) is 8.02. The molecular formula is C19H20N2O2S. The molecule has 4 nitrogen and oxygen atoms in total. The molecule has 5 heteroatoms. The van der Waals surface area contributed by atoms with Crippen molar-refractivity contribution in [3.8, 4) is 0 Å². The van der Waals surface area contributed by atoms with Gasteiger partial charge in [-0.3, -0.25) is 9.78 Å². The molecule has 0 unspecified atom stereocenters. The van der Waals surface area contributed by atoms with Crippen LogP contribution in [0.1, 0.15) is 35.4 Å². The molecule has 0 N–H and O–H groups in total. The number of ether oxygens (including phenoxy) is 1. The molecule has 0 amide bonds. The number of rotatable bonds is 7. The van der Waals surface area contributed by atoms with Crippen molar-refractivity contribution in [1.82, 2.24) is 9.97 Å². The van der Waals surface area contributed by atoms with E-state index in [0.29, 0.717) is 13.0 Å². The number of unbranched alkanes of at least 4 members (excludes halogenated alkanes) is 1. The zero-order valence-electron chi connectivity index (χ0n) is 13.7. The SMILES string of the molecule is Cc1ccncc1COC(=O)CCCCc1nc2ccccc2s1. The van der Waals surface area contributed by atoms with Gasteiger partial charge >= 0.3 is 5.97 Å². The highest BCUT2D eigenvalue weighted by atomic mass is 32.1. The third kappa shape index (κ3) is 4.38. The highest BCUT2D eigenvalue weighted by Gasteiger charge is 2.07. The number of carbonyl (C=O) groups is 1. The summed E-state index contributed by atoms with van der Waals surface area (Å²) in [5, 5.41) is 1.13. The van der Waals surface area contributed by atoms with Crippen molar-refractivity contribution in [1.29, 1.82) is 0 Å². The van der Waals surface area contributed by atoms with Crippen LogP contribution in [0, 0.1) is 6.92 Å². The molecule has 0 atom stereocenters. The highest BCUT2D eigenvalue weighted by molar-refractivity contribution is 7.18. The van der Waals surface area contributed by atoms with Crippen molar-refractivity contribution in [2.24, 2.45) is 0 Å². The lowest BCUT2D eigenvalue weighted by atomic mass is 10.2. The summed E-state index contributed by atoms with van der Waals surface area (Å²) in [5.74, 6) is -0.150. The van der Waals surface area contributed by atoms with Gasteiger partial charge in [-0.05, 0) is 49.9 Å². The van der Waals surface area contributed by atoms with Crippen LogP contribution in [0.25, 0.3) is 10.2 Å². The molecule has 0 radical (unpaired) electrons. The number of nitrogens with zero attached hydrogens (tertiary/aromatic N) is 2. The largest absolute Gasteiger partial charge is 0.461 e. The van der Waals surface area contributed by atoms with Crippen molar-refractivity contribution in [3.05, 3.63) is 58.9 Å². The fourth-order valence-corrected chi connectivity index (χ4v) is 3.46.